The normalized spacial score (nSPS) is 12.5. The third-order valence-electron chi connectivity index (χ3n) is 3.07. The number of aryl methyl sites for hydroxylation is 2. The lowest BCUT2D eigenvalue weighted by Gasteiger charge is -2.17. The van der Waals surface area contributed by atoms with E-state index in [9.17, 15) is 4.39 Å². The van der Waals surface area contributed by atoms with Crippen LogP contribution in [0.5, 0.6) is 0 Å². The second-order valence-corrected chi connectivity index (χ2v) is 5.36. The molecule has 0 saturated carbocycles. The largest absolute Gasteiger partial charge is 0.320 e. The molecule has 0 saturated heterocycles. The van der Waals surface area contributed by atoms with Gasteiger partial charge in [-0.25, -0.2) is 4.39 Å². The minimum atomic E-state index is -0.323. The summed E-state index contributed by atoms with van der Waals surface area (Å²) < 4.78 is 14.3. The van der Waals surface area contributed by atoms with Crippen molar-refractivity contribution in [3.63, 3.8) is 0 Å². The zero-order chi connectivity index (χ0) is 13.3. The molecule has 2 N–H and O–H groups in total. The first kappa shape index (κ1) is 13.2. The second kappa shape index (κ2) is 5.21. The highest BCUT2D eigenvalue weighted by Crippen LogP contribution is 2.29. The first-order valence-corrected chi connectivity index (χ1v) is 6.56. The SMILES string of the molecule is Cc1ccc(C(N)c2cc(F)ccc2C)c(Br)c1. The Hall–Kier alpha value is -1.19. The van der Waals surface area contributed by atoms with Crippen molar-refractivity contribution < 1.29 is 4.39 Å². The smallest absolute Gasteiger partial charge is 0.123 e. The molecule has 2 aromatic rings. The Kier molecular flexibility index (Phi) is 3.83. The lowest BCUT2D eigenvalue weighted by molar-refractivity contribution is 0.622. The minimum Gasteiger partial charge on any atom is -0.320 e. The van der Waals surface area contributed by atoms with Crippen molar-refractivity contribution >= 4 is 15.9 Å². The molecule has 0 radical (unpaired) electrons. The lowest BCUT2D eigenvalue weighted by atomic mass is 9.95. The van der Waals surface area contributed by atoms with E-state index in [1.165, 1.54) is 12.1 Å². The van der Waals surface area contributed by atoms with Gasteiger partial charge in [0.1, 0.15) is 5.82 Å². The molecule has 0 bridgehead atoms. The highest BCUT2D eigenvalue weighted by Gasteiger charge is 2.15. The van der Waals surface area contributed by atoms with E-state index in [0.29, 0.717) is 0 Å². The molecule has 0 fully saturated rings. The summed E-state index contributed by atoms with van der Waals surface area (Å²) in [5.41, 5.74) is 10.2. The van der Waals surface area contributed by atoms with Gasteiger partial charge in [-0.2, -0.15) is 0 Å². The maximum absolute atomic E-state index is 13.3. The topological polar surface area (TPSA) is 26.0 Å². The average molecular weight is 308 g/mol. The minimum absolute atomic E-state index is 0.255. The van der Waals surface area contributed by atoms with Gasteiger partial charge in [-0.1, -0.05) is 34.1 Å². The van der Waals surface area contributed by atoms with Crippen molar-refractivity contribution in [1.82, 2.24) is 0 Å². The van der Waals surface area contributed by atoms with E-state index in [1.54, 1.807) is 6.07 Å². The Morgan fingerprint density at radius 1 is 1.06 bits per heavy atom. The van der Waals surface area contributed by atoms with Crippen LogP contribution in [0.1, 0.15) is 28.3 Å². The second-order valence-electron chi connectivity index (χ2n) is 4.50. The highest BCUT2D eigenvalue weighted by atomic mass is 79.9. The molecule has 2 rings (SSSR count). The maximum Gasteiger partial charge on any atom is 0.123 e. The molecule has 1 atom stereocenters. The van der Waals surface area contributed by atoms with Gasteiger partial charge in [0.25, 0.3) is 0 Å². The summed E-state index contributed by atoms with van der Waals surface area (Å²) in [5.74, 6) is -0.255. The molecule has 3 heteroatoms. The monoisotopic (exact) mass is 307 g/mol. The zero-order valence-electron chi connectivity index (χ0n) is 10.4. The summed E-state index contributed by atoms with van der Waals surface area (Å²) in [6.07, 6.45) is 0. The summed E-state index contributed by atoms with van der Waals surface area (Å²) in [7, 11) is 0. The standard InChI is InChI=1S/C15H15BrFN/c1-9-3-6-12(14(16)7-9)15(18)13-8-11(17)5-4-10(13)2/h3-8,15H,18H2,1-2H3. The highest BCUT2D eigenvalue weighted by molar-refractivity contribution is 9.10. The fourth-order valence-corrected chi connectivity index (χ4v) is 2.74. The predicted molar refractivity (Wildman–Crippen MR) is 76.0 cm³/mol. The van der Waals surface area contributed by atoms with Crippen LogP contribution < -0.4 is 5.73 Å². The Morgan fingerprint density at radius 3 is 2.44 bits per heavy atom. The molecule has 0 aliphatic heterocycles. The number of halogens is 2. The molecule has 0 aliphatic carbocycles. The van der Waals surface area contributed by atoms with Crippen molar-refractivity contribution in [3.05, 3.63) is 68.9 Å². The Morgan fingerprint density at radius 2 is 1.78 bits per heavy atom. The van der Waals surface area contributed by atoms with Crippen LogP contribution in [0, 0.1) is 19.7 Å². The summed E-state index contributed by atoms with van der Waals surface area (Å²) in [6, 6.07) is 10.4. The third-order valence-corrected chi connectivity index (χ3v) is 3.75. The van der Waals surface area contributed by atoms with Gasteiger partial charge in [0.05, 0.1) is 6.04 Å². The van der Waals surface area contributed by atoms with E-state index in [1.807, 2.05) is 32.0 Å². The number of benzene rings is 2. The van der Waals surface area contributed by atoms with Gasteiger partial charge in [-0.3, -0.25) is 0 Å². The number of nitrogens with two attached hydrogens (primary N) is 1. The Bertz CT molecular complexity index is 581. The van der Waals surface area contributed by atoms with Gasteiger partial charge in [0.15, 0.2) is 0 Å². The molecule has 0 aliphatic rings. The fourth-order valence-electron chi connectivity index (χ4n) is 2.00. The molecular formula is C15H15BrFN. The number of hydrogen-bond donors (Lipinski definition) is 1. The Balaban J connectivity index is 2.47. The van der Waals surface area contributed by atoms with Crippen LogP contribution in [0.3, 0.4) is 0 Å². The van der Waals surface area contributed by atoms with Gasteiger partial charge < -0.3 is 5.73 Å². The van der Waals surface area contributed by atoms with Crippen molar-refractivity contribution in [2.24, 2.45) is 5.73 Å². The van der Waals surface area contributed by atoms with Gasteiger partial charge in [-0.05, 0) is 54.3 Å². The third kappa shape index (κ3) is 2.62. The lowest BCUT2D eigenvalue weighted by Crippen LogP contribution is -2.14. The van der Waals surface area contributed by atoms with Crippen LogP contribution in [0.4, 0.5) is 4.39 Å². The van der Waals surface area contributed by atoms with E-state index in [0.717, 1.165) is 26.7 Å². The molecule has 1 unspecified atom stereocenters. The average Bonchev–Trinajstić information content (AvgIpc) is 2.31. The van der Waals surface area contributed by atoms with Crippen molar-refractivity contribution in [2.75, 3.05) is 0 Å². The molecule has 0 heterocycles. The Labute approximate surface area is 115 Å². The van der Waals surface area contributed by atoms with Gasteiger partial charge >= 0.3 is 0 Å². The van der Waals surface area contributed by atoms with Crippen LogP contribution in [0.15, 0.2) is 40.9 Å². The summed E-state index contributed by atoms with van der Waals surface area (Å²) >= 11 is 3.51. The molecule has 2 aromatic carbocycles. The number of rotatable bonds is 2. The zero-order valence-corrected chi connectivity index (χ0v) is 12.0. The first-order chi connectivity index (χ1) is 8.49. The fraction of sp³-hybridized carbons (Fsp3) is 0.200. The van der Waals surface area contributed by atoms with Gasteiger partial charge in [-0.15, -0.1) is 0 Å². The van der Waals surface area contributed by atoms with E-state index in [2.05, 4.69) is 15.9 Å². The van der Waals surface area contributed by atoms with Gasteiger partial charge in [0, 0.05) is 4.47 Å². The van der Waals surface area contributed by atoms with E-state index in [-0.39, 0.29) is 11.9 Å². The molecule has 0 aromatic heterocycles. The van der Waals surface area contributed by atoms with Gasteiger partial charge in [0.2, 0.25) is 0 Å². The van der Waals surface area contributed by atoms with E-state index < -0.39 is 0 Å². The van der Waals surface area contributed by atoms with E-state index >= 15 is 0 Å². The predicted octanol–water partition coefficient (Wildman–Crippen LogP) is 4.25. The van der Waals surface area contributed by atoms with Crippen LogP contribution in [-0.2, 0) is 0 Å². The summed E-state index contributed by atoms with van der Waals surface area (Å²) in [4.78, 5) is 0. The molecule has 18 heavy (non-hydrogen) atoms. The first-order valence-electron chi connectivity index (χ1n) is 5.76. The summed E-state index contributed by atoms with van der Waals surface area (Å²) in [6.45, 7) is 3.96. The van der Waals surface area contributed by atoms with Crippen LogP contribution in [0.25, 0.3) is 0 Å². The molecule has 0 spiro atoms. The number of hydrogen-bond acceptors (Lipinski definition) is 1. The van der Waals surface area contributed by atoms with Crippen molar-refractivity contribution in [1.29, 1.82) is 0 Å². The molecular weight excluding hydrogens is 293 g/mol. The van der Waals surface area contributed by atoms with Crippen LogP contribution in [0.2, 0.25) is 0 Å². The molecule has 0 amide bonds. The quantitative estimate of drug-likeness (QED) is 0.881. The van der Waals surface area contributed by atoms with E-state index in [4.69, 9.17) is 5.73 Å². The molecule has 1 nitrogen and oxygen atoms in total. The maximum atomic E-state index is 13.3. The molecule has 94 valence electrons. The van der Waals surface area contributed by atoms with Crippen molar-refractivity contribution in [3.8, 4) is 0 Å². The van der Waals surface area contributed by atoms with Crippen molar-refractivity contribution in [2.45, 2.75) is 19.9 Å². The van der Waals surface area contributed by atoms with Crippen LogP contribution >= 0.6 is 15.9 Å². The summed E-state index contributed by atoms with van der Waals surface area (Å²) in [5, 5.41) is 0. The van der Waals surface area contributed by atoms with Crippen LogP contribution in [-0.4, -0.2) is 0 Å².